The van der Waals surface area contributed by atoms with Gasteiger partial charge in [-0.05, 0) is 34.6 Å². The fourth-order valence-corrected chi connectivity index (χ4v) is 0. The molecule has 0 spiro atoms. The molecule has 0 saturated heterocycles. The lowest BCUT2D eigenvalue weighted by molar-refractivity contribution is -0.115. The van der Waals surface area contributed by atoms with Gasteiger partial charge >= 0.3 is 0 Å². The van der Waals surface area contributed by atoms with Gasteiger partial charge < -0.3 is 14.4 Å². The quantitative estimate of drug-likeness (QED) is 0.531. The van der Waals surface area contributed by atoms with Gasteiger partial charge in [-0.1, -0.05) is 7.43 Å². The third-order valence-corrected chi connectivity index (χ3v) is 0. The summed E-state index contributed by atoms with van der Waals surface area (Å²) in [4.78, 5) is 27.7. The number of hydrogen-bond donors (Lipinski definition) is 0. The number of aldehydes is 1. The minimum atomic E-state index is 0. The van der Waals surface area contributed by atoms with Crippen LogP contribution in [-0.4, -0.2) is 17.9 Å². The molecule has 3 heteroatoms. The van der Waals surface area contributed by atoms with Crippen molar-refractivity contribution in [3.8, 4) is 0 Å². The molecule has 0 aliphatic rings. The lowest BCUT2D eigenvalue weighted by Crippen LogP contribution is -1.69. The van der Waals surface area contributed by atoms with Gasteiger partial charge in [-0.2, -0.15) is 0 Å². The fourth-order valence-electron chi connectivity index (χ4n) is 0. The van der Waals surface area contributed by atoms with Crippen molar-refractivity contribution in [1.82, 2.24) is 0 Å². The minimum absolute atomic E-state index is 0. The van der Waals surface area contributed by atoms with E-state index in [-0.39, 0.29) is 19.0 Å². The highest BCUT2D eigenvalue weighted by Crippen LogP contribution is 1.50. The zero-order valence-corrected chi connectivity index (χ0v) is 7.80. The number of Topliss-reactive ketones (excluding diaryl/α,β-unsaturated/α-hetero) is 2. The molecule has 0 aromatic rings. The summed E-state index contributed by atoms with van der Waals surface area (Å²) in [6.45, 7) is 7.56. The van der Waals surface area contributed by atoms with Gasteiger partial charge in [0.05, 0.1) is 0 Å². The molecule has 0 amide bonds. The summed E-state index contributed by atoms with van der Waals surface area (Å²) >= 11 is 0. The largest absolute Gasteiger partial charge is 0.304 e. The molecule has 0 rings (SSSR count). The van der Waals surface area contributed by atoms with Gasteiger partial charge in [-0.15, -0.1) is 0 Å². The van der Waals surface area contributed by atoms with Gasteiger partial charge in [0.2, 0.25) is 0 Å². The number of carbonyl (C=O) groups excluding carboxylic acids is 3. The van der Waals surface area contributed by atoms with E-state index >= 15 is 0 Å². The van der Waals surface area contributed by atoms with E-state index < -0.39 is 0 Å². The smallest absolute Gasteiger partial charge is 0.126 e. The molecule has 0 fully saturated rings. The van der Waals surface area contributed by atoms with Crippen LogP contribution in [0.4, 0.5) is 0 Å². The van der Waals surface area contributed by atoms with Crippen LogP contribution in [0.15, 0.2) is 0 Å². The average molecular weight is 176 g/mol. The molecule has 0 radical (unpaired) electrons. The number of rotatable bonds is 0. The van der Waals surface area contributed by atoms with E-state index in [1.165, 1.54) is 34.6 Å². The maximum absolute atomic E-state index is 9.44. The van der Waals surface area contributed by atoms with Crippen LogP contribution >= 0.6 is 0 Å². The number of carbonyl (C=O) groups is 3. The maximum atomic E-state index is 9.44. The van der Waals surface area contributed by atoms with Crippen molar-refractivity contribution in [2.45, 2.75) is 42.0 Å². The molecular weight excluding hydrogens is 156 g/mol. The van der Waals surface area contributed by atoms with Crippen molar-refractivity contribution < 1.29 is 14.4 Å². The highest BCUT2D eigenvalue weighted by molar-refractivity contribution is 5.72. The van der Waals surface area contributed by atoms with Crippen molar-refractivity contribution in [1.29, 1.82) is 0 Å². The highest BCUT2D eigenvalue weighted by Gasteiger charge is 1.62. The Morgan fingerprint density at radius 1 is 0.917 bits per heavy atom. The number of hydrogen-bond acceptors (Lipinski definition) is 3. The van der Waals surface area contributed by atoms with Gasteiger partial charge in [0.1, 0.15) is 17.9 Å². The van der Waals surface area contributed by atoms with Gasteiger partial charge in [-0.25, -0.2) is 0 Å². The fraction of sp³-hybridized carbons (Fsp3) is 0.667. The Hall–Kier alpha value is -0.990. The third kappa shape index (κ3) is 590. The Bertz CT molecular complexity index is 96.9. The van der Waals surface area contributed by atoms with Gasteiger partial charge in [-0.3, -0.25) is 0 Å². The van der Waals surface area contributed by atoms with Crippen molar-refractivity contribution >= 4 is 17.9 Å². The first-order valence-electron chi connectivity index (χ1n) is 3.22. The summed E-state index contributed by atoms with van der Waals surface area (Å²) in [6, 6.07) is 0. The summed E-state index contributed by atoms with van der Waals surface area (Å²) in [5, 5.41) is 0. The molecule has 0 aromatic carbocycles. The first-order chi connectivity index (χ1) is 4.88. The van der Waals surface area contributed by atoms with Gasteiger partial charge in [0.15, 0.2) is 0 Å². The van der Waals surface area contributed by atoms with Gasteiger partial charge in [0, 0.05) is 0 Å². The van der Waals surface area contributed by atoms with Crippen LogP contribution in [0.2, 0.25) is 0 Å². The minimum Gasteiger partial charge on any atom is -0.304 e. The summed E-state index contributed by atoms with van der Waals surface area (Å²) in [6.07, 6.45) is 0.750. The normalized spacial score (nSPS) is 5.42. The average Bonchev–Trinajstić information content (AvgIpc) is 1.60. The zero-order chi connectivity index (χ0) is 9.86. The van der Waals surface area contributed by atoms with Crippen molar-refractivity contribution in [2.24, 2.45) is 0 Å². The Morgan fingerprint density at radius 2 is 0.917 bits per heavy atom. The molecule has 0 aliphatic heterocycles. The van der Waals surface area contributed by atoms with Crippen LogP contribution in [0, 0.1) is 0 Å². The van der Waals surface area contributed by atoms with Crippen molar-refractivity contribution in [3.05, 3.63) is 0 Å². The lowest BCUT2D eigenvalue weighted by atomic mass is 10.6. The first-order valence-corrected chi connectivity index (χ1v) is 3.22. The maximum Gasteiger partial charge on any atom is 0.126 e. The molecule has 3 nitrogen and oxygen atoms in total. The number of ketones is 2. The molecule has 0 heterocycles. The van der Waals surface area contributed by atoms with Crippen LogP contribution < -0.4 is 0 Å². The van der Waals surface area contributed by atoms with Crippen molar-refractivity contribution in [3.63, 3.8) is 0 Å². The van der Waals surface area contributed by atoms with Crippen molar-refractivity contribution in [2.75, 3.05) is 0 Å². The van der Waals surface area contributed by atoms with Crippen LogP contribution in [-0.2, 0) is 14.4 Å². The summed E-state index contributed by atoms with van der Waals surface area (Å²) < 4.78 is 0. The van der Waals surface area contributed by atoms with Crippen LogP contribution in [0.5, 0.6) is 0 Å². The van der Waals surface area contributed by atoms with E-state index in [0.717, 1.165) is 6.29 Å². The Balaban J connectivity index is -0.0000000389. The monoisotopic (exact) mass is 176 g/mol. The van der Waals surface area contributed by atoms with E-state index in [1.807, 2.05) is 0 Å². The summed E-state index contributed by atoms with van der Waals surface area (Å²) in [7, 11) is 0. The summed E-state index contributed by atoms with van der Waals surface area (Å²) in [5.41, 5.74) is 0. The second-order valence-electron chi connectivity index (χ2n) is 2.05. The molecule has 0 unspecified atom stereocenters. The molecule has 0 bridgehead atoms. The van der Waals surface area contributed by atoms with Crippen LogP contribution in [0.1, 0.15) is 42.0 Å². The predicted octanol–water partition coefficient (Wildman–Crippen LogP) is 2.03. The molecule has 0 aliphatic carbocycles. The summed E-state index contributed by atoms with van der Waals surface area (Å²) in [5.74, 6) is 0.333. The first kappa shape index (κ1) is 22.5. The topological polar surface area (TPSA) is 51.2 Å². The lowest BCUT2D eigenvalue weighted by Gasteiger charge is -1.56. The highest BCUT2D eigenvalue weighted by atomic mass is 16.1. The molecular formula is C9H20O3. The SMILES string of the molecule is C.CC(C)=O.CC(C)=O.CC=O. The standard InChI is InChI=1S/2C3H6O.C2H4O.CH4/c2*1-3(2)4;1-2-3;/h2*1-2H3;2H,1H3;1H4. The van der Waals surface area contributed by atoms with E-state index in [2.05, 4.69) is 0 Å². The molecule has 0 saturated carbocycles. The second-order valence-corrected chi connectivity index (χ2v) is 2.05. The molecule has 0 atom stereocenters. The molecule has 74 valence electrons. The van der Waals surface area contributed by atoms with Gasteiger partial charge in [0.25, 0.3) is 0 Å². The van der Waals surface area contributed by atoms with E-state index in [9.17, 15) is 9.59 Å². The molecule has 0 aromatic heterocycles. The molecule has 12 heavy (non-hydrogen) atoms. The van der Waals surface area contributed by atoms with Crippen LogP contribution in [0.25, 0.3) is 0 Å². The van der Waals surface area contributed by atoms with Crippen LogP contribution in [0.3, 0.4) is 0 Å². The molecule has 0 N–H and O–H groups in total. The Kier molecular flexibility index (Phi) is 42.1. The van der Waals surface area contributed by atoms with E-state index in [4.69, 9.17) is 4.79 Å². The third-order valence-electron chi connectivity index (χ3n) is 0. The predicted molar refractivity (Wildman–Crippen MR) is 51.2 cm³/mol. The Morgan fingerprint density at radius 3 is 0.917 bits per heavy atom. The Labute approximate surface area is 75.2 Å². The zero-order valence-electron chi connectivity index (χ0n) is 7.80. The van der Waals surface area contributed by atoms with E-state index in [0.29, 0.717) is 0 Å². The van der Waals surface area contributed by atoms with E-state index in [1.54, 1.807) is 0 Å². The second kappa shape index (κ2) is 22.5.